The standard InChI is InChI=1S/C19H18N2O3/c1-3-9-21-16-11-15(7-8-17(16)24-12-18(21)22)20-19(23)14-6-4-5-13(2)10-14/h3-8,10-11H,1,9,12H2,2H3,(H,20,23). The molecule has 0 saturated carbocycles. The van der Waals surface area contributed by atoms with Crippen LogP contribution in [0.3, 0.4) is 0 Å². The molecule has 2 aromatic carbocycles. The summed E-state index contributed by atoms with van der Waals surface area (Å²) in [4.78, 5) is 26.0. The minimum atomic E-state index is -0.197. The molecule has 0 aromatic heterocycles. The summed E-state index contributed by atoms with van der Waals surface area (Å²) in [6.45, 7) is 6.02. The minimum absolute atomic E-state index is 0.00976. The van der Waals surface area contributed by atoms with E-state index in [0.29, 0.717) is 29.2 Å². The molecule has 1 N–H and O–H groups in total. The Labute approximate surface area is 140 Å². The maximum atomic E-state index is 12.4. The highest BCUT2D eigenvalue weighted by atomic mass is 16.5. The SMILES string of the molecule is C=CCN1C(=O)COc2ccc(NC(=O)c3cccc(C)c3)cc21. The number of amides is 2. The van der Waals surface area contributed by atoms with Crippen molar-refractivity contribution in [3.05, 3.63) is 66.2 Å². The van der Waals surface area contributed by atoms with E-state index in [1.165, 1.54) is 0 Å². The molecule has 1 aliphatic rings. The Morgan fingerprint density at radius 2 is 2.17 bits per heavy atom. The molecular weight excluding hydrogens is 304 g/mol. The predicted octanol–water partition coefficient (Wildman–Crippen LogP) is 3.16. The van der Waals surface area contributed by atoms with Crippen LogP contribution in [0.15, 0.2) is 55.1 Å². The Hall–Kier alpha value is -3.08. The van der Waals surface area contributed by atoms with Crippen LogP contribution in [0.25, 0.3) is 0 Å². The van der Waals surface area contributed by atoms with Gasteiger partial charge in [-0.15, -0.1) is 6.58 Å². The Kier molecular flexibility index (Phi) is 4.33. The zero-order chi connectivity index (χ0) is 17.1. The number of hydrogen-bond acceptors (Lipinski definition) is 3. The van der Waals surface area contributed by atoms with Gasteiger partial charge in [0.1, 0.15) is 5.75 Å². The first-order valence-electron chi connectivity index (χ1n) is 7.64. The van der Waals surface area contributed by atoms with E-state index in [0.717, 1.165) is 5.56 Å². The van der Waals surface area contributed by atoms with Gasteiger partial charge in [-0.1, -0.05) is 23.8 Å². The summed E-state index contributed by atoms with van der Waals surface area (Å²) in [5.41, 5.74) is 2.84. The van der Waals surface area contributed by atoms with E-state index in [-0.39, 0.29) is 18.4 Å². The molecule has 5 nitrogen and oxygen atoms in total. The number of hydrogen-bond donors (Lipinski definition) is 1. The van der Waals surface area contributed by atoms with Crippen LogP contribution in [0.5, 0.6) is 5.75 Å². The average molecular weight is 322 g/mol. The van der Waals surface area contributed by atoms with Crippen LogP contribution in [0.1, 0.15) is 15.9 Å². The number of ether oxygens (including phenoxy) is 1. The highest BCUT2D eigenvalue weighted by molar-refractivity contribution is 6.05. The van der Waals surface area contributed by atoms with Gasteiger partial charge >= 0.3 is 0 Å². The van der Waals surface area contributed by atoms with Crippen molar-refractivity contribution in [2.45, 2.75) is 6.92 Å². The van der Waals surface area contributed by atoms with Crippen molar-refractivity contribution in [1.29, 1.82) is 0 Å². The van der Waals surface area contributed by atoms with Gasteiger partial charge in [-0.3, -0.25) is 9.59 Å². The second-order valence-electron chi connectivity index (χ2n) is 5.59. The van der Waals surface area contributed by atoms with Crippen LogP contribution in [0.4, 0.5) is 11.4 Å². The molecule has 24 heavy (non-hydrogen) atoms. The molecule has 0 spiro atoms. The lowest BCUT2D eigenvalue weighted by atomic mass is 10.1. The highest BCUT2D eigenvalue weighted by Crippen LogP contribution is 2.34. The van der Waals surface area contributed by atoms with E-state index < -0.39 is 0 Å². The molecule has 1 aliphatic heterocycles. The maximum Gasteiger partial charge on any atom is 0.265 e. The zero-order valence-electron chi connectivity index (χ0n) is 13.4. The number of anilines is 2. The first-order valence-corrected chi connectivity index (χ1v) is 7.64. The molecule has 122 valence electrons. The maximum absolute atomic E-state index is 12.4. The fraction of sp³-hybridized carbons (Fsp3) is 0.158. The molecule has 1 heterocycles. The first-order chi connectivity index (χ1) is 11.6. The normalized spacial score (nSPS) is 13.0. The summed E-state index contributed by atoms with van der Waals surface area (Å²) in [6.07, 6.45) is 1.66. The third-order valence-electron chi connectivity index (χ3n) is 3.75. The number of fused-ring (bicyclic) bond motifs is 1. The zero-order valence-corrected chi connectivity index (χ0v) is 13.4. The van der Waals surface area contributed by atoms with Crippen molar-refractivity contribution < 1.29 is 14.3 Å². The molecular formula is C19H18N2O3. The molecule has 0 unspecified atom stereocenters. The summed E-state index contributed by atoms with van der Waals surface area (Å²) in [5.74, 6) is 0.284. The molecule has 2 aromatic rings. The first kappa shape index (κ1) is 15.8. The van der Waals surface area contributed by atoms with Crippen molar-refractivity contribution in [2.75, 3.05) is 23.4 Å². The fourth-order valence-electron chi connectivity index (χ4n) is 2.60. The minimum Gasteiger partial charge on any atom is -0.482 e. The molecule has 0 radical (unpaired) electrons. The largest absolute Gasteiger partial charge is 0.482 e. The summed E-state index contributed by atoms with van der Waals surface area (Å²) < 4.78 is 5.43. The Bertz CT molecular complexity index is 814. The number of benzene rings is 2. The fourth-order valence-corrected chi connectivity index (χ4v) is 2.60. The van der Waals surface area contributed by atoms with Crippen molar-refractivity contribution in [2.24, 2.45) is 0 Å². The molecule has 2 amide bonds. The van der Waals surface area contributed by atoms with E-state index in [1.807, 2.05) is 25.1 Å². The Morgan fingerprint density at radius 1 is 1.33 bits per heavy atom. The average Bonchev–Trinajstić information content (AvgIpc) is 2.57. The molecule has 0 fully saturated rings. The Balaban J connectivity index is 1.86. The number of rotatable bonds is 4. The molecule has 0 aliphatic carbocycles. The van der Waals surface area contributed by atoms with Gasteiger partial charge in [0.2, 0.25) is 0 Å². The molecule has 0 bridgehead atoms. The van der Waals surface area contributed by atoms with Crippen LogP contribution in [0, 0.1) is 6.92 Å². The van der Waals surface area contributed by atoms with Gasteiger partial charge in [-0.2, -0.15) is 0 Å². The smallest absolute Gasteiger partial charge is 0.265 e. The van der Waals surface area contributed by atoms with Gasteiger partial charge in [0.15, 0.2) is 6.61 Å². The van der Waals surface area contributed by atoms with E-state index in [2.05, 4.69) is 11.9 Å². The second kappa shape index (κ2) is 6.58. The molecule has 3 rings (SSSR count). The van der Waals surface area contributed by atoms with Gasteiger partial charge in [0.25, 0.3) is 11.8 Å². The van der Waals surface area contributed by atoms with Gasteiger partial charge in [-0.25, -0.2) is 0 Å². The molecule has 0 atom stereocenters. The van der Waals surface area contributed by atoms with Crippen molar-refractivity contribution in [3.63, 3.8) is 0 Å². The van der Waals surface area contributed by atoms with Gasteiger partial charge in [0.05, 0.1) is 5.69 Å². The number of aryl methyl sites for hydroxylation is 1. The summed E-state index contributed by atoms with van der Waals surface area (Å²) >= 11 is 0. The number of carbonyl (C=O) groups is 2. The quantitative estimate of drug-likeness (QED) is 0.880. The van der Waals surface area contributed by atoms with Crippen LogP contribution in [-0.4, -0.2) is 25.0 Å². The van der Waals surface area contributed by atoms with Crippen LogP contribution >= 0.6 is 0 Å². The van der Waals surface area contributed by atoms with Crippen molar-refractivity contribution >= 4 is 23.2 Å². The van der Waals surface area contributed by atoms with E-state index >= 15 is 0 Å². The summed E-state index contributed by atoms with van der Waals surface area (Å²) in [6, 6.07) is 12.6. The molecule has 5 heteroatoms. The third-order valence-corrected chi connectivity index (χ3v) is 3.75. The van der Waals surface area contributed by atoms with Crippen LogP contribution < -0.4 is 15.0 Å². The summed E-state index contributed by atoms with van der Waals surface area (Å²) in [5, 5.41) is 2.85. The van der Waals surface area contributed by atoms with E-state index in [1.54, 1.807) is 35.2 Å². The monoisotopic (exact) mass is 322 g/mol. The van der Waals surface area contributed by atoms with E-state index in [4.69, 9.17) is 4.74 Å². The summed E-state index contributed by atoms with van der Waals surface area (Å²) in [7, 11) is 0. The molecule has 0 saturated heterocycles. The van der Waals surface area contributed by atoms with Crippen LogP contribution in [-0.2, 0) is 4.79 Å². The van der Waals surface area contributed by atoms with Crippen LogP contribution in [0.2, 0.25) is 0 Å². The second-order valence-corrected chi connectivity index (χ2v) is 5.59. The predicted molar refractivity (Wildman–Crippen MR) is 93.6 cm³/mol. The topological polar surface area (TPSA) is 58.6 Å². The van der Waals surface area contributed by atoms with Gasteiger partial charge in [-0.05, 0) is 37.3 Å². The third kappa shape index (κ3) is 3.15. The highest BCUT2D eigenvalue weighted by Gasteiger charge is 2.25. The van der Waals surface area contributed by atoms with Gasteiger partial charge < -0.3 is 15.0 Å². The number of nitrogens with zero attached hydrogens (tertiary/aromatic N) is 1. The number of carbonyl (C=O) groups excluding carboxylic acids is 2. The van der Waals surface area contributed by atoms with Crippen molar-refractivity contribution in [3.8, 4) is 5.75 Å². The lowest BCUT2D eigenvalue weighted by molar-refractivity contribution is -0.121. The van der Waals surface area contributed by atoms with E-state index in [9.17, 15) is 9.59 Å². The number of nitrogens with one attached hydrogen (secondary N) is 1. The van der Waals surface area contributed by atoms with Crippen molar-refractivity contribution in [1.82, 2.24) is 0 Å². The van der Waals surface area contributed by atoms with Gasteiger partial charge in [0, 0.05) is 17.8 Å². The lowest BCUT2D eigenvalue weighted by Crippen LogP contribution is -2.38. The lowest BCUT2D eigenvalue weighted by Gasteiger charge is -2.28. The Morgan fingerprint density at radius 3 is 2.92 bits per heavy atom.